The summed E-state index contributed by atoms with van der Waals surface area (Å²) < 4.78 is 1.07. The summed E-state index contributed by atoms with van der Waals surface area (Å²) >= 11 is 5.36. The summed E-state index contributed by atoms with van der Waals surface area (Å²) in [5.74, 6) is 1.81. The zero-order valence-corrected chi connectivity index (χ0v) is 17.8. The van der Waals surface area contributed by atoms with Crippen molar-refractivity contribution in [3.63, 3.8) is 0 Å². The Kier molecular flexibility index (Phi) is 4.87. The fourth-order valence-electron chi connectivity index (χ4n) is 3.82. The highest BCUT2D eigenvalue weighted by molar-refractivity contribution is 9.10. The zero-order valence-electron chi connectivity index (χ0n) is 15.4. The van der Waals surface area contributed by atoms with E-state index in [4.69, 9.17) is 9.97 Å². The first-order valence-electron chi connectivity index (χ1n) is 9.64. The van der Waals surface area contributed by atoms with E-state index in [1.165, 1.54) is 40.7 Å². The van der Waals surface area contributed by atoms with E-state index in [2.05, 4.69) is 69.8 Å². The first kappa shape index (κ1) is 17.8. The SMILES string of the molecule is Brc1ccc(Nc2nc(Cc3ccccc3)nc3sc4c(c23)CCCC4)cc1. The third-order valence-electron chi connectivity index (χ3n) is 5.17. The van der Waals surface area contributed by atoms with Crippen LogP contribution in [0, 0.1) is 0 Å². The highest BCUT2D eigenvalue weighted by Crippen LogP contribution is 2.39. The van der Waals surface area contributed by atoms with Crippen molar-refractivity contribution in [2.24, 2.45) is 0 Å². The zero-order chi connectivity index (χ0) is 18.9. The number of nitrogens with zero attached hydrogens (tertiary/aromatic N) is 2. The first-order valence-corrected chi connectivity index (χ1v) is 11.2. The van der Waals surface area contributed by atoms with E-state index >= 15 is 0 Å². The molecule has 0 fully saturated rings. The van der Waals surface area contributed by atoms with Crippen LogP contribution < -0.4 is 5.32 Å². The fraction of sp³-hybridized carbons (Fsp3) is 0.217. The molecule has 0 saturated carbocycles. The molecule has 0 atom stereocenters. The number of hydrogen-bond donors (Lipinski definition) is 1. The number of anilines is 2. The van der Waals surface area contributed by atoms with Crippen LogP contribution in [-0.4, -0.2) is 9.97 Å². The number of aromatic nitrogens is 2. The van der Waals surface area contributed by atoms with Gasteiger partial charge in [0.05, 0.1) is 5.39 Å². The van der Waals surface area contributed by atoms with Crippen molar-refractivity contribution in [1.82, 2.24) is 9.97 Å². The maximum atomic E-state index is 4.97. The summed E-state index contributed by atoms with van der Waals surface area (Å²) in [5.41, 5.74) is 3.74. The molecule has 1 aliphatic carbocycles. The van der Waals surface area contributed by atoms with Crippen LogP contribution in [0.1, 0.15) is 34.7 Å². The number of fused-ring (bicyclic) bond motifs is 3. The Balaban J connectivity index is 1.61. The number of rotatable bonds is 4. The number of nitrogens with one attached hydrogen (secondary N) is 1. The fourth-order valence-corrected chi connectivity index (χ4v) is 5.36. The molecule has 140 valence electrons. The minimum atomic E-state index is 0.744. The molecule has 0 amide bonds. The summed E-state index contributed by atoms with van der Waals surface area (Å²) in [4.78, 5) is 12.5. The Labute approximate surface area is 177 Å². The third kappa shape index (κ3) is 3.56. The topological polar surface area (TPSA) is 37.8 Å². The molecular weight excluding hydrogens is 430 g/mol. The molecule has 1 N–H and O–H groups in total. The first-order chi connectivity index (χ1) is 13.8. The van der Waals surface area contributed by atoms with Crippen LogP contribution in [0.15, 0.2) is 59.1 Å². The Bertz CT molecular complexity index is 1120. The van der Waals surface area contributed by atoms with Crippen LogP contribution in [0.3, 0.4) is 0 Å². The van der Waals surface area contributed by atoms with Gasteiger partial charge >= 0.3 is 0 Å². The Morgan fingerprint density at radius 1 is 0.929 bits per heavy atom. The molecule has 0 aliphatic heterocycles. The van der Waals surface area contributed by atoms with Gasteiger partial charge in [-0.15, -0.1) is 11.3 Å². The van der Waals surface area contributed by atoms with Gasteiger partial charge in [0.15, 0.2) is 0 Å². The molecular formula is C23H20BrN3S. The largest absolute Gasteiger partial charge is 0.340 e. The van der Waals surface area contributed by atoms with Gasteiger partial charge in [0.25, 0.3) is 0 Å². The number of benzene rings is 2. The molecule has 4 aromatic rings. The second-order valence-corrected chi connectivity index (χ2v) is 9.17. The number of thiophene rings is 1. The van der Waals surface area contributed by atoms with Crippen LogP contribution in [0.25, 0.3) is 10.2 Å². The van der Waals surface area contributed by atoms with Crippen molar-refractivity contribution in [2.75, 3.05) is 5.32 Å². The normalized spacial score (nSPS) is 13.5. The van der Waals surface area contributed by atoms with Crippen molar-refractivity contribution in [3.8, 4) is 0 Å². The van der Waals surface area contributed by atoms with E-state index in [0.29, 0.717) is 0 Å². The number of aryl methyl sites for hydroxylation is 2. The molecule has 0 spiro atoms. The Morgan fingerprint density at radius 2 is 1.71 bits per heavy atom. The summed E-state index contributed by atoms with van der Waals surface area (Å²) in [6.45, 7) is 0. The number of halogens is 1. The molecule has 0 radical (unpaired) electrons. The van der Waals surface area contributed by atoms with Gasteiger partial charge < -0.3 is 5.32 Å². The lowest BCUT2D eigenvalue weighted by atomic mass is 9.97. The second kappa shape index (κ2) is 7.64. The quantitative estimate of drug-likeness (QED) is 0.378. The smallest absolute Gasteiger partial charge is 0.143 e. The predicted molar refractivity (Wildman–Crippen MR) is 121 cm³/mol. The minimum Gasteiger partial charge on any atom is -0.340 e. The maximum absolute atomic E-state index is 4.97. The average molecular weight is 450 g/mol. The van der Waals surface area contributed by atoms with E-state index in [1.807, 2.05) is 17.4 Å². The van der Waals surface area contributed by atoms with Crippen LogP contribution in [0.5, 0.6) is 0 Å². The Hall–Kier alpha value is -2.24. The molecule has 5 heteroatoms. The van der Waals surface area contributed by atoms with E-state index in [-0.39, 0.29) is 0 Å². The lowest BCUT2D eigenvalue weighted by molar-refractivity contribution is 0.700. The minimum absolute atomic E-state index is 0.744. The van der Waals surface area contributed by atoms with Crippen LogP contribution in [-0.2, 0) is 19.3 Å². The summed E-state index contributed by atoms with van der Waals surface area (Å²) in [5, 5.41) is 4.79. The average Bonchev–Trinajstić information content (AvgIpc) is 3.09. The highest BCUT2D eigenvalue weighted by atomic mass is 79.9. The molecule has 0 saturated heterocycles. The molecule has 1 aliphatic rings. The predicted octanol–water partition coefficient (Wildman–Crippen LogP) is 6.67. The molecule has 5 rings (SSSR count). The highest BCUT2D eigenvalue weighted by Gasteiger charge is 2.21. The van der Waals surface area contributed by atoms with Crippen molar-refractivity contribution in [1.29, 1.82) is 0 Å². The van der Waals surface area contributed by atoms with Gasteiger partial charge in [-0.05, 0) is 61.1 Å². The van der Waals surface area contributed by atoms with Gasteiger partial charge in [0, 0.05) is 21.5 Å². The third-order valence-corrected chi connectivity index (χ3v) is 6.89. The van der Waals surface area contributed by atoms with Gasteiger partial charge in [0.2, 0.25) is 0 Å². The summed E-state index contributed by atoms with van der Waals surface area (Å²) in [7, 11) is 0. The summed E-state index contributed by atoms with van der Waals surface area (Å²) in [6.07, 6.45) is 5.57. The lowest BCUT2D eigenvalue weighted by Crippen LogP contribution is -2.04. The monoisotopic (exact) mass is 449 g/mol. The van der Waals surface area contributed by atoms with Crippen LogP contribution in [0.4, 0.5) is 11.5 Å². The standard InChI is InChI=1S/C23H20BrN3S/c24-16-10-12-17(13-11-16)25-22-21-18-8-4-5-9-19(18)28-23(21)27-20(26-22)14-15-6-2-1-3-7-15/h1-3,6-7,10-13H,4-5,8-9,14H2,(H,25,26,27). The van der Waals surface area contributed by atoms with Crippen molar-refractivity contribution >= 4 is 49.0 Å². The molecule has 3 nitrogen and oxygen atoms in total. The maximum Gasteiger partial charge on any atom is 0.143 e. The number of hydrogen-bond acceptors (Lipinski definition) is 4. The van der Waals surface area contributed by atoms with Crippen LogP contribution >= 0.6 is 27.3 Å². The summed E-state index contributed by atoms with van der Waals surface area (Å²) in [6, 6.07) is 18.7. The van der Waals surface area contributed by atoms with Gasteiger partial charge in [-0.2, -0.15) is 0 Å². The van der Waals surface area contributed by atoms with Gasteiger partial charge in [-0.3, -0.25) is 0 Å². The second-order valence-electron chi connectivity index (χ2n) is 7.17. The Morgan fingerprint density at radius 3 is 2.54 bits per heavy atom. The van der Waals surface area contributed by atoms with E-state index in [0.717, 1.165) is 39.5 Å². The molecule has 28 heavy (non-hydrogen) atoms. The molecule has 2 aromatic carbocycles. The molecule has 0 bridgehead atoms. The van der Waals surface area contributed by atoms with Gasteiger partial charge in [-0.1, -0.05) is 46.3 Å². The molecule has 2 heterocycles. The van der Waals surface area contributed by atoms with Crippen molar-refractivity contribution < 1.29 is 0 Å². The lowest BCUT2D eigenvalue weighted by Gasteiger charge is -2.13. The van der Waals surface area contributed by atoms with Crippen molar-refractivity contribution in [3.05, 3.63) is 80.9 Å². The molecule has 2 aromatic heterocycles. The van der Waals surface area contributed by atoms with E-state index in [1.54, 1.807) is 0 Å². The van der Waals surface area contributed by atoms with E-state index < -0.39 is 0 Å². The van der Waals surface area contributed by atoms with E-state index in [9.17, 15) is 0 Å². The molecule has 0 unspecified atom stereocenters. The van der Waals surface area contributed by atoms with Crippen molar-refractivity contribution in [2.45, 2.75) is 32.1 Å². The van der Waals surface area contributed by atoms with Gasteiger partial charge in [0.1, 0.15) is 16.5 Å². The van der Waals surface area contributed by atoms with Gasteiger partial charge in [-0.25, -0.2) is 9.97 Å². The van der Waals surface area contributed by atoms with Crippen LogP contribution in [0.2, 0.25) is 0 Å².